The molecule has 0 aliphatic carbocycles. The Labute approximate surface area is 142 Å². The molecule has 21 heavy (non-hydrogen) atoms. The molecule has 0 aliphatic heterocycles. The first kappa shape index (κ1) is 16.2. The lowest BCUT2D eigenvalue weighted by Crippen LogP contribution is -2.09. The van der Waals surface area contributed by atoms with Gasteiger partial charge in [0.15, 0.2) is 0 Å². The van der Waals surface area contributed by atoms with E-state index in [1.165, 1.54) is 0 Å². The average Bonchev–Trinajstić information content (AvgIpc) is 2.43. The van der Waals surface area contributed by atoms with Crippen LogP contribution in [0.2, 0.25) is 0 Å². The van der Waals surface area contributed by atoms with Crippen molar-refractivity contribution < 1.29 is 0 Å². The van der Waals surface area contributed by atoms with Crippen LogP contribution in [0, 0.1) is 0 Å². The van der Waals surface area contributed by atoms with Gasteiger partial charge in [-0.05, 0) is 47.0 Å². The van der Waals surface area contributed by atoms with Gasteiger partial charge in [-0.2, -0.15) is 0 Å². The Bertz CT molecular complexity index is 629. The molecule has 0 radical (unpaired) electrons. The molecule has 0 unspecified atom stereocenters. The Morgan fingerprint density at radius 1 is 1.14 bits per heavy atom. The van der Waals surface area contributed by atoms with Gasteiger partial charge >= 0.3 is 0 Å². The maximum Gasteiger partial charge on any atom is 0.139 e. The maximum absolute atomic E-state index is 4.41. The van der Waals surface area contributed by atoms with Crippen molar-refractivity contribution in [3.63, 3.8) is 0 Å². The molecule has 2 N–H and O–H groups in total. The fourth-order valence-electron chi connectivity index (χ4n) is 2.07. The summed E-state index contributed by atoms with van der Waals surface area (Å²) in [7, 11) is 0. The topological polar surface area (TPSA) is 49.8 Å². The smallest absolute Gasteiger partial charge is 0.139 e. The molecule has 2 aromatic rings. The van der Waals surface area contributed by atoms with Crippen molar-refractivity contribution in [2.75, 3.05) is 17.2 Å². The summed E-state index contributed by atoms with van der Waals surface area (Å²) < 4.78 is 2.00. The van der Waals surface area contributed by atoms with E-state index in [-0.39, 0.29) is 0 Å². The highest BCUT2D eigenvalue weighted by molar-refractivity contribution is 9.11. The molecule has 0 fully saturated rings. The maximum atomic E-state index is 4.41. The van der Waals surface area contributed by atoms with E-state index < -0.39 is 0 Å². The Hall–Kier alpha value is -1.14. The number of hydrogen-bond acceptors (Lipinski definition) is 4. The van der Waals surface area contributed by atoms with Crippen LogP contribution in [0.3, 0.4) is 0 Å². The number of hydrogen-bond donors (Lipinski definition) is 2. The number of nitrogens with one attached hydrogen (secondary N) is 2. The predicted octanol–water partition coefficient (Wildman–Crippen LogP) is 5.30. The highest BCUT2D eigenvalue weighted by Crippen LogP contribution is 2.33. The first-order chi connectivity index (χ1) is 10.0. The first-order valence-corrected chi connectivity index (χ1v) is 8.42. The third-order valence-corrected chi connectivity index (χ3v) is 4.17. The minimum absolute atomic E-state index is 0.314. The summed E-state index contributed by atoms with van der Waals surface area (Å²) in [5.41, 5.74) is 2.05. The summed E-state index contributed by atoms with van der Waals surface area (Å²) in [6.45, 7) is 7.17. The van der Waals surface area contributed by atoms with Gasteiger partial charge in [0, 0.05) is 21.1 Å². The molecule has 112 valence electrons. The molecule has 0 atom stereocenters. The van der Waals surface area contributed by atoms with Crippen molar-refractivity contribution in [3.05, 3.63) is 39.0 Å². The minimum Gasteiger partial charge on any atom is -0.370 e. The molecule has 1 aromatic heterocycles. The quantitative estimate of drug-likeness (QED) is 0.698. The molecule has 6 heteroatoms. The Morgan fingerprint density at radius 3 is 2.52 bits per heavy atom. The third kappa shape index (κ3) is 3.95. The third-order valence-electron chi connectivity index (χ3n) is 2.99. The predicted molar refractivity (Wildman–Crippen MR) is 95.4 cm³/mol. The zero-order chi connectivity index (χ0) is 15.4. The van der Waals surface area contributed by atoms with Crippen LogP contribution in [0.4, 0.5) is 17.3 Å². The standard InChI is InChI=1S/C15H18Br2N4/c1-4-18-14-13(9(2)3)15(20-8-19-14)21-12-7-10(16)5-6-11(12)17/h5-9H,4H2,1-3H3,(H2,18,19,20,21). The zero-order valence-electron chi connectivity index (χ0n) is 12.2. The Kier molecular flexibility index (Phi) is 5.58. The van der Waals surface area contributed by atoms with Crippen LogP contribution in [-0.4, -0.2) is 16.5 Å². The summed E-state index contributed by atoms with van der Waals surface area (Å²) in [4.78, 5) is 8.76. The van der Waals surface area contributed by atoms with E-state index in [1.54, 1.807) is 6.33 Å². The summed E-state index contributed by atoms with van der Waals surface area (Å²) in [6, 6.07) is 6.00. The van der Waals surface area contributed by atoms with Crippen LogP contribution >= 0.6 is 31.9 Å². The molecule has 0 saturated carbocycles. The highest BCUT2D eigenvalue weighted by atomic mass is 79.9. The van der Waals surface area contributed by atoms with Gasteiger partial charge in [0.1, 0.15) is 18.0 Å². The van der Waals surface area contributed by atoms with Crippen LogP contribution in [0.25, 0.3) is 0 Å². The SMILES string of the molecule is CCNc1ncnc(Nc2cc(Br)ccc2Br)c1C(C)C. The van der Waals surface area contributed by atoms with Crippen LogP contribution < -0.4 is 10.6 Å². The van der Waals surface area contributed by atoms with Gasteiger partial charge in [0.05, 0.1) is 5.69 Å². The second kappa shape index (κ2) is 7.22. The lowest BCUT2D eigenvalue weighted by Gasteiger charge is -2.18. The highest BCUT2D eigenvalue weighted by Gasteiger charge is 2.15. The zero-order valence-corrected chi connectivity index (χ0v) is 15.4. The van der Waals surface area contributed by atoms with Crippen molar-refractivity contribution >= 4 is 49.2 Å². The molecule has 0 bridgehead atoms. The number of nitrogens with zero attached hydrogens (tertiary/aromatic N) is 2. The van der Waals surface area contributed by atoms with Crippen molar-refractivity contribution in [2.45, 2.75) is 26.7 Å². The van der Waals surface area contributed by atoms with Crippen molar-refractivity contribution in [1.29, 1.82) is 0 Å². The number of anilines is 3. The van der Waals surface area contributed by atoms with E-state index in [0.717, 1.165) is 38.4 Å². The number of aromatic nitrogens is 2. The molecular weight excluding hydrogens is 396 g/mol. The number of benzene rings is 1. The Morgan fingerprint density at radius 2 is 1.86 bits per heavy atom. The summed E-state index contributed by atoms with van der Waals surface area (Å²) in [5.74, 6) is 2.03. The summed E-state index contributed by atoms with van der Waals surface area (Å²) >= 11 is 7.05. The number of rotatable bonds is 5. The van der Waals surface area contributed by atoms with E-state index in [4.69, 9.17) is 0 Å². The van der Waals surface area contributed by atoms with E-state index >= 15 is 0 Å². The fourth-order valence-corrected chi connectivity index (χ4v) is 2.78. The average molecular weight is 414 g/mol. The van der Waals surface area contributed by atoms with Crippen LogP contribution in [0.15, 0.2) is 33.5 Å². The molecule has 0 spiro atoms. The van der Waals surface area contributed by atoms with Crippen molar-refractivity contribution in [1.82, 2.24) is 9.97 Å². The van der Waals surface area contributed by atoms with E-state index in [2.05, 4.69) is 73.2 Å². The lowest BCUT2D eigenvalue weighted by atomic mass is 10.0. The largest absolute Gasteiger partial charge is 0.370 e. The first-order valence-electron chi connectivity index (χ1n) is 6.83. The molecule has 0 amide bonds. The second-order valence-corrected chi connectivity index (χ2v) is 6.69. The van der Waals surface area contributed by atoms with Gasteiger partial charge in [-0.15, -0.1) is 0 Å². The number of halogens is 2. The van der Waals surface area contributed by atoms with Crippen molar-refractivity contribution in [3.8, 4) is 0 Å². The van der Waals surface area contributed by atoms with E-state index in [1.807, 2.05) is 18.2 Å². The molecule has 0 saturated heterocycles. The van der Waals surface area contributed by atoms with Gasteiger partial charge in [0.25, 0.3) is 0 Å². The van der Waals surface area contributed by atoms with Gasteiger partial charge in [-0.25, -0.2) is 9.97 Å². The fraction of sp³-hybridized carbons (Fsp3) is 0.333. The molecule has 1 aromatic carbocycles. The minimum atomic E-state index is 0.314. The second-order valence-electron chi connectivity index (χ2n) is 4.92. The normalized spacial score (nSPS) is 10.8. The Balaban J connectivity index is 2.43. The van der Waals surface area contributed by atoms with Gasteiger partial charge in [0.2, 0.25) is 0 Å². The van der Waals surface area contributed by atoms with Gasteiger partial charge in [-0.3, -0.25) is 0 Å². The molecule has 2 rings (SSSR count). The van der Waals surface area contributed by atoms with Gasteiger partial charge < -0.3 is 10.6 Å². The summed E-state index contributed by atoms with van der Waals surface area (Å²) in [5, 5.41) is 6.69. The van der Waals surface area contributed by atoms with Crippen molar-refractivity contribution in [2.24, 2.45) is 0 Å². The van der Waals surface area contributed by atoms with Gasteiger partial charge in [-0.1, -0.05) is 29.8 Å². The molecule has 0 aliphatic rings. The van der Waals surface area contributed by atoms with Crippen LogP contribution in [0.1, 0.15) is 32.3 Å². The summed E-state index contributed by atoms with van der Waals surface area (Å²) in [6.07, 6.45) is 1.58. The molecule has 1 heterocycles. The lowest BCUT2D eigenvalue weighted by molar-refractivity contribution is 0.849. The monoisotopic (exact) mass is 412 g/mol. The van der Waals surface area contributed by atoms with Crippen LogP contribution in [0.5, 0.6) is 0 Å². The molecular formula is C15H18Br2N4. The van der Waals surface area contributed by atoms with Crippen LogP contribution in [-0.2, 0) is 0 Å². The van der Waals surface area contributed by atoms with E-state index in [9.17, 15) is 0 Å². The molecule has 4 nitrogen and oxygen atoms in total. The van der Waals surface area contributed by atoms with E-state index in [0.29, 0.717) is 5.92 Å².